The molecule has 5 atom stereocenters. The lowest BCUT2D eigenvalue weighted by molar-refractivity contribution is -0.189. The molecule has 5 unspecified atom stereocenters. The van der Waals surface area contributed by atoms with Crippen molar-refractivity contribution in [1.82, 2.24) is 4.90 Å². The molecule has 1 aliphatic rings. The van der Waals surface area contributed by atoms with Crippen molar-refractivity contribution in [1.29, 1.82) is 0 Å². The minimum Gasteiger partial charge on any atom is -0.508 e. The molecule has 2 aromatic rings. The van der Waals surface area contributed by atoms with Crippen molar-refractivity contribution < 1.29 is 52.0 Å². The number of phenols is 2. The van der Waals surface area contributed by atoms with Gasteiger partial charge in [0, 0.05) is 12.5 Å². The Morgan fingerprint density at radius 3 is 2.02 bits per heavy atom. The molecule has 1 saturated heterocycles. The number of hydrogen-bond acceptors (Lipinski definition) is 8. The zero-order valence-electron chi connectivity index (χ0n) is 26.3. The van der Waals surface area contributed by atoms with Gasteiger partial charge in [-0.05, 0) is 73.4 Å². The zero-order valence-corrected chi connectivity index (χ0v) is 26.3. The first-order chi connectivity index (χ1) is 21.7. The van der Waals surface area contributed by atoms with Crippen LogP contribution < -0.4 is 0 Å². The van der Waals surface area contributed by atoms with Crippen molar-refractivity contribution >= 4 is 23.8 Å². The summed E-state index contributed by atoms with van der Waals surface area (Å²) >= 11 is 0. The fourth-order valence-corrected chi connectivity index (χ4v) is 5.83. The highest BCUT2D eigenvalue weighted by molar-refractivity contribution is 6.05. The van der Waals surface area contributed by atoms with E-state index in [4.69, 9.17) is 4.74 Å². The van der Waals surface area contributed by atoms with E-state index in [9.17, 15) is 42.6 Å². The van der Waals surface area contributed by atoms with Gasteiger partial charge in [-0.15, -0.1) is 0 Å². The Morgan fingerprint density at radius 1 is 0.870 bits per heavy atom. The number of carbonyl (C=O) groups is 4. The predicted octanol–water partition coefficient (Wildman–Crippen LogP) is 5.92. The summed E-state index contributed by atoms with van der Waals surface area (Å²) in [5.41, 5.74) is 1.37. The molecule has 1 fully saturated rings. The molecule has 3 rings (SSSR count). The van der Waals surface area contributed by atoms with Crippen LogP contribution in [0.4, 0.5) is 13.2 Å². The summed E-state index contributed by atoms with van der Waals surface area (Å²) in [6.07, 6.45) is -3.17. The van der Waals surface area contributed by atoms with Crippen LogP contribution in [0.15, 0.2) is 48.5 Å². The van der Waals surface area contributed by atoms with Crippen molar-refractivity contribution in [2.75, 3.05) is 19.8 Å². The van der Waals surface area contributed by atoms with E-state index >= 15 is 0 Å². The number of amides is 2. The Labute approximate surface area is 266 Å². The smallest absolute Gasteiger partial charge is 0.422 e. The maximum atomic E-state index is 13.9. The Hall–Kier alpha value is -4.09. The standard InChI is InChI=1S/C34H42F3NO8/c1-4-6-17-45-33(44)25(18-23(5-2)32(43)46-20-34(35,36)37)19-28(24-9-13-27(40)14-10-24)29-21(3)30(41)38(31(29)42)16-15-22-7-11-26(39)12-8-22/h7-14,21,23,25,28-29,39-40H,4-6,15-20H2,1-3H3. The van der Waals surface area contributed by atoms with Gasteiger partial charge in [0.2, 0.25) is 11.8 Å². The van der Waals surface area contributed by atoms with Gasteiger partial charge in [0.15, 0.2) is 6.61 Å². The molecule has 2 N–H and O–H groups in total. The van der Waals surface area contributed by atoms with Gasteiger partial charge < -0.3 is 19.7 Å². The number of benzene rings is 2. The number of carbonyl (C=O) groups excluding carboxylic acids is 4. The Morgan fingerprint density at radius 2 is 1.46 bits per heavy atom. The van der Waals surface area contributed by atoms with Crippen molar-refractivity contribution in [2.45, 2.75) is 71.4 Å². The number of hydrogen-bond donors (Lipinski definition) is 2. The number of alkyl halides is 3. The number of rotatable bonds is 16. The van der Waals surface area contributed by atoms with Crippen LogP contribution in [0.2, 0.25) is 0 Å². The maximum absolute atomic E-state index is 13.9. The summed E-state index contributed by atoms with van der Waals surface area (Å²) in [4.78, 5) is 54.7. The van der Waals surface area contributed by atoms with E-state index < -0.39 is 60.2 Å². The summed E-state index contributed by atoms with van der Waals surface area (Å²) in [6.45, 7) is 3.60. The molecule has 0 radical (unpaired) electrons. The third kappa shape index (κ3) is 9.95. The van der Waals surface area contributed by atoms with Gasteiger partial charge >= 0.3 is 18.1 Å². The van der Waals surface area contributed by atoms with Crippen molar-refractivity contribution in [3.8, 4) is 11.5 Å². The van der Waals surface area contributed by atoms with E-state index in [1.807, 2.05) is 6.92 Å². The molecule has 0 saturated carbocycles. The fraction of sp³-hybridized carbons (Fsp3) is 0.529. The number of imide groups is 1. The van der Waals surface area contributed by atoms with E-state index in [0.717, 1.165) is 12.0 Å². The first kappa shape index (κ1) is 36.4. The molecule has 9 nitrogen and oxygen atoms in total. The number of aromatic hydroxyl groups is 2. The Bertz CT molecular complexity index is 1330. The minimum atomic E-state index is -4.71. The van der Waals surface area contributed by atoms with Gasteiger partial charge in [-0.1, -0.05) is 51.5 Å². The highest BCUT2D eigenvalue weighted by atomic mass is 19.4. The summed E-state index contributed by atoms with van der Waals surface area (Å²) in [6, 6.07) is 12.5. The molecule has 0 bridgehead atoms. The molecule has 1 heterocycles. The third-order valence-corrected chi connectivity index (χ3v) is 8.45. The van der Waals surface area contributed by atoms with Crippen molar-refractivity contribution in [3.05, 3.63) is 59.7 Å². The highest BCUT2D eigenvalue weighted by Gasteiger charge is 2.49. The summed E-state index contributed by atoms with van der Waals surface area (Å²) in [5.74, 6) is -7.00. The maximum Gasteiger partial charge on any atom is 0.422 e. The zero-order chi connectivity index (χ0) is 34.0. The topological polar surface area (TPSA) is 130 Å². The van der Waals surface area contributed by atoms with Gasteiger partial charge in [-0.2, -0.15) is 13.2 Å². The minimum absolute atomic E-state index is 0.0334. The van der Waals surface area contributed by atoms with Crippen LogP contribution >= 0.6 is 0 Å². The van der Waals surface area contributed by atoms with E-state index in [-0.39, 0.29) is 49.8 Å². The van der Waals surface area contributed by atoms with Crippen molar-refractivity contribution in [2.24, 2.45) is 23.7 Å². The molecule has 46 heavy (non-hydrogen) atoms. The number of likely N-dealkylation sites (tertiary alicyclic amines) is 1. The number of ether oxygens (including phenoxy) is 2. The van der Waals surface area contributed by atoms with Crippen LogP contribution in [0.5, 0.6) is 11.5 Å². The molecule has 0 aliphatic carbocycles. The first-order valence-corrected chi connectivity index (χ1v) is 15.6. The molecule has 252 valence electrons. The highest BCUT2D eigenvalue weighted by Crippen LogP contribution is 2.43. The number of phenolic OH excluding ortho intramolecular Hbond substituents is 2. The second-order valence-electron chi connectivity index (χ2n) is 11.8. The molecule has 0 aromatic heterocycles. The lowest BCUT2D eigenvalue weighted by atomic mass is 9.73. The number of halogens is 3. The monoisotopic (exact) mass is 649 g/mol. The lowest BCUT2D eigenvalue weighted by Crippen LogP contribution is -2.35. The summed E-state index contributed by atoms with van der Waals surface area (Å²) in [7, 11) is 0. The van der Waals surface area contributed by atoms with Gasteiger partial charge in [0.25, 0.3) is 0 Å². The number of esters is 2. The van der Waals surface area contributed by atoms with Gasteiger partial charge in [-0.25, -0.2) is 0 Å². The third-order valence-electron chi connectivity index (χ3n) is 8.45. The molecule has 2 amide bonds. The Kier molecular flexibility index (Phi) is 13.0. The van der Waals surface area contributed by atoms with E-state index in [1.165, 1.54) is 29.2 Å². The molecule has 0 spiro atoms. The fourth-order valence-electron chi connectivity index (χ4n) is 5.83. The first-order valence-electron chi connectivity index (χ1n) is 15.6. The van der Waals surface area contributed by atoms with Crippen LogP contribution in [0.25, 0.3) is 0 Å². The summed E-state index contributed by atoms with van der Waals surface area (Å²) in [5, 5.41) is 19.5. The van der Waals surface area contributed by atoms with Crippen molar-refractivity contribution in [3.63, 3.8) is 0 Å². The second kappa shape index (κ2) is 16.5. The molecule has 1 aliphatic heterocycles. The van der Waals surface area contributed by atoms with E-state index in [0.29, 0.717) is 18.4 Å². The average molecular weight is 650 g/mol. The van der Waals surface area contributed by atoms with Crippen LogP contribution in [-0.2, 0) is 35.1 Å². The van der Waals surface area contributed by atoms with E-state index in [1.54, 1.807) is 38.1 Å². The molecular formula is C34H42F3NO8. The normalized spacial score (nSPS) is 18.7. The summed E-state index contributed by atoms with van der Waals surface area (Å²) < 4.78 is 48.3. The van der Waals surface area contributed by atoms with Gasteiger partial charge in [0.05, 0.1) is 24.4 Å². The van der Waals surface area contributed by atoms with E-state index in [2.05, 4.69) is 4.74 Å². The van der Waals surface area contributed by atoms with Crippen LogP contribution in [0.1, 0.15) is 69.9 Å². The van der Waals surface area contributed by atoms with Gasteiger partial charge in [0.1, 0.15) is 11.5 Å². The molecule has 2 aromatic carbocycles. The lowest BCUT2D eigenvalue weighted by Gasteiger charge is -2.29. The van der Waals surface area contributed by atoms with Crippen LogP contribution in [-0.4, -0.2) is 64.8 Å². The Balaban J connectivity index is 1.93. The second-order valence-corrected chi connectivity index (χ2v) is 11.8. The SMILES string of the molecule is CCCCOC(=O)C(CC(CC)C(=O)OCC(F)(F)F)CC(c1ccc(O)cc1)C1C(=O)N(CCc2ccc(O)cc2)C(=O)C1C. The number of unbranched alkanes of at least 4 members (excludes halogenated alkanes) is 1. The van der Waals surface area contributed by atoms with Crippen LogP contribution in [0.3, 0.4) is 0 Å². The quantitative estimate of drug-likeness (QED) is 0.130. The molecule has 12 heteroatoms. The number of nitrogens with zero attached hydrogens (tertiary/aromatic N) is 1. The average Bonchev–Trinajstić information content (AvgIpc) is 3.22. The van der Waals surface area contributed by atoms with Gasteiger partial charge in [-0.3, -0.25) is 24.1 Å². The predicted molar refractivity (Wildman–Crippen MR) is 161 cm³/mol. The molecular weight excluding hydrogens is 607 g/mol. The van der Waals surface area contributed by atoms with Crippen LogP contribution in [0, 0.1) is 23.7 Å². The largest absolute Gasteiger partial charge is 0.508 e.